The Morgan fingerprint density at radius 3 is 2.67 bits per heavy atom. The van der Waals surface area contributed by atoms with Crippen LogP contribution in [0.25, 0.3) is 6.08 Å². The molecule has 6 heteroatoms. The molecule has 174 valence electrons. The minimum absolute atomic E-state index is 0.0903. The number of hydrogen-bond acceptors (Lipinski definition) is 5. The highest BCUT2D eigenvalue weighted by atomic mass is 32.2. The third-order valence-electron chi connectivity index (χ3n) is 6.71. The van der Waals surface area contributed by atoms with Gasteiger partial charge in [-0.05, 0) is 99.7 Å². The zero-order valence-corrected chi connectivity index (χ0v) is 21.4. The fourth-order valence-corrected chi connectivity index (χ4v) is 5.78. The molecule has 2 aromatic rings. The number of carbonyl (C=O) groups excluding carboxylic acids is 1. The zero-order chi connectivity index (χ0) is 23.9. The number of amides is 1. The Morgan fingerprint density at radius 1 is 1.24 bits per heavy atom. The molecule has 0 saturated carbocycles. The number of rotatable bonds is 4. The maximum absolute atomic E-state index is 12.7. The first-order valence-corrected chi connectivity index (χ1v) is 12.3. The average molecular weight is 464 g/mol. The van der Waals surface area contributed by atoms with Crippen molar-refractivity contribution < 1.29 is 9.53 Å². The first-order valence-electron chi connectivity index (χ1n) is 11.5. The van der Waals surface area contributed by atoms with Gasteiger partial charge in [-0.25, -0.2) is 4.99 Å². The summed E-state index contributed by atoms with van der Waals surface area (Å²) in [5, 5.41) is 3.50. The first-order chi connectivity index (χ1) is 15.6. The predicted octanol–water partition coefficient (Wildman–Crippen LogP) is 6.32. The second-order valence-electron chi connectivity index (χ2n) is 9.57. The van der Waals surface area contributed by atoms with E-state index in [0.29, 0.717) is 16.0 Å². The molecule has 0 spiro atoms. The van der Waals surface area contributed by atoms with Crippen LogP contribution in [0.15, 0.2) is 40.2 Å². The number of fused-ring (bicyclic) bond motifs is 1. The first kappa shape index (κ1) is 23.4. The highest BCUT2D eigenvalue weighted by molar-refractivity contribution is 8.18. The molecule has 1 N–H and O–H groups in total. The molecule has 1 amide bonds. The van der Waals surface area contributed by atoms with Crippen LogP contribution >= 0.6 is 11.8 Å². The highest BCUT2D eigenvalue weighted by Crippen LogP contribution is 2.46. The number of carbonyl (C=O) groups is 1. The minimum atomic E-state index is -0.133. The van der Waals surface area contributed by atoms with E-state index in [1.807, 2.05) is 24.3 Å². The van der Waals surface area contributed by atoms with E-state index < -0.39 is 0 Å². The smallest absolute Gasteiger partial charge is 0.264 e. The second kappa shape index (κ2) is 8.90. The summed E-state index contributed by atoms with van der Waals surface area (Å²) in [4.78, 5) is 20.4. The van der Waals surface area contributed by atoms with Crippen molar-refractivity contribution in [2.45, 2.75) is 59.4 Å². The number of hydrogen-bond donors (Lipinski definition) is 1. The van der Waals surface area contributed by atoms with Gasteiger partial charge < -0.3 is 15.0 Å². The molecule has 1 unspecified atom stereocenters. The Kier molecular flexibility index (Phi) is 6.32. The molecule has 1 saturated heterocycles. The molecule has 2 aromatic carbocycles. The van der Waals surface area contributed by atoms with E-state index in [9.17, 15) is 4.79 Å². The van der Waals surface area contributed by atoms with Gasteiger partial charge in [0.05, 0.1) is 17.7 Å². The van der Waals surface area contributed by atoms with Gasteiger partial charge in [-0.15, -0.1) is 0 Å². The topological polar surface area (TPSA) is 53.9 Å². The summed E-state index contributed by atoms with van der Waals surface area (Å²) in [6.45, 7) is 14.2. The summed E-state index contributed by atoms with van der Waals surface area (Å²) >= 11 is 1.37. The molecule has 1 fully saturated rings. The van der Waals surface area contributed by atoms with E-state index in [2.05, 4.69) is 68.9 Å². The fraction of sp³-hybridized carbons (Fsp3) is 0.407. The third-order valence-corrected chi connectivity index (χ3v) is 7.62. The summed E-state index contributed by atoms with van der Waals surface area (Å²) in [6.07, 6.45) is 3.00. The Hall–Kier alpha value is -2.73. The fourth-order valence-electron chi connectivity index (χ4n) is 4.95. The van der Waals surface area contributed by atoms with Crippen molar-refractivity contribution in [1.29, 1.82) is 0 Å². The van der Waals surface area contributed by atoms with Gasteiger partial charge in [0.1, 0.15) is 5.75 Å². The van der Waals surface area contributed by atoms with Crippen molar-refractivity contribution in [2.75, 3.05) is 18.6 Å². The number of aryl methyl sites for hydroxylation is 2. The summed E-state index contributed by atoms with van der Waals surface area (Å²) in [5.41, 5.74) is 6.78. The van der Waals surface area contributed by atoms with Crippen molar-refractivity contribution in [1.82, 2.24) is 5.32 Å². The van der Waals surface area contributed by atoms with Gasteiger partial charge in [-0.2, -0.15) is 0 Å². The van der Waals surface area contributed by atoms with Gasteiger partial charge in [0, 0.05) is 29.4 Å². The molecule has 1 atom stereocenters. The molecule has 33 heavy (non-hydrogen) atoms. The lowest BCUT2D eigenvalue weighted by Crippen LogP contribution is -2.48. The number of benzene rings is 2. The summed E-state index contributed by atoms with van der Waals surface area (Å²) in [5.74, 6) is 1.07. The standard InChI is InChI=1S/C27H33N3O2S/c1-8-30-22-14-23(32-7)19(12-21(22)18(4)15-27(30,5)6)13-24-25(31)29-26(33-24)28-20-10-9-16(2)17(3)11-20/h9-14,18H,8,15H2,1-7H3,(H,28,29,31)/b24-13+. The lowest BCUT2D eigenvalue weighted by molar-refractivity contribution is -0.115. The van der Waals surface area contributed by atoms with Crippen LogP contribution in [0.4, 0.5) is 11.4 Å². The van der Waals surface area contributed by atoms with Crippen molar-refractivity contribution in [3.8, 4) is 5.75 Å². The van der Waals surface area contributed by atoms with Crippen LogP contribution < -0.4 is 15.0 Å². The van der Waals surface area contributed by atoms with E-state index in [4.69, 9.17) is 4.74 Å². The van der Waals surface area contributed by atoms with Gasteiger partial charge in [-0.1, -0.05) is 13.0 Å². The quantitative estimate of drug-likeness (QED) is 0.540. The lowest BCUT2D eigenvalue weighted by Gasteiger charge is -2.47. The molecule has 2 aliphatic rings. The van der Waals surface area contributed by atoms with Gasteiger partial charge in [-0.3, -0.25) is 4.79 Å². The van der Waals surface area contributed by atoms with Crippen molar-refractivity contribution in [2.24, 2.45) is 4.99 Å². The molecule has 0 aromatic heterocycles. The lowest BCUT2D eigenvalue weighted by atomic mass is 9.79. The van der Waals surface area contributed by atoms with Crippen LogP contribution in [0.3, 0.4) is 0 Å². The molecule has 5 nitrogen and oxygen atoms in total. The number of ether oxygens (including phenoxy) is 1. The van der Waals surface area contributed by atoms with Gasteiger partial charge in [0.25, 0.3) is 5.91 Å². The predicted molar refractivity (Wildman–Crippen MR) is 140 cm³/mol. The van der Waals surface area contributed by atoms with Crippen LogP contribution in [0.1, 0.15) is 62.3 Å². The highest BCUT2D eigenvalue weighted by Gasteiger charge is 2.36. The van der Waals surface area contributed by atoms with E-state index in [0.717, 1.165) is 30.0 Å². The number of amidine groups is 1. The monoisotopic (exact) mass is 463 g/mol. The Bertz CT molecular complexity index is 1170. The van der Waals surface area contributed by atoms with Crippen LogP contribution in [-0.2, 0) is 4.79 Å². The van der Waals surface area contributed by atoms with Crippen LogP contribution in [-0.4, -0.2) is 30.3 Å². The third kappa shape index (κ3) is 4.54. The summed E-state index contributed by atoms with van der Waals surface area (Å²) < 4.78 is 5.76. The molecule has 4 rings (SSSR count). The number of methoxy groups -OCH3 is 1. The largest absolute Gasteiger partial charge is 0.496 e. The Balaban J connectivity index is 1.69. The summed E-state index contributed by atoms with van der Waals surface area (Å²) in [7, 11) is 1.69. The maximum atomic E-state index is 12.7. The van der Waals surface area contributed by atoms with E-state index in [-0.39, 0.29) is 11.4 Å². The van der Waals surface area contributed by atoms with Crippen molar-refractivity contribution in [3.63, 3.8) is 0 Å². The molecule has 0 aliphatic carbocycles. The Labute approximate surface area is 201 Å². The maximum Gasteiger partial charge on any atom is 0.264 e. The normalized spacial score (nSPS) is 22.0. The molecule has 2 heterocycles. The molecule has 0 radical (unpaired) electrons. The van der Waals surface area contributed by atoms with Crippen molar-refractivity contribution in [3.05, 3.63) is 57.5 Å². The van der Waals surface area contributed by atoms with Gasteiger partial charge in [0.15, 0.2) is 5.17 Å². The van der Waals surface area contributed by atoms with Crippen molar-refractivity contribution >= 4 is 40.3 Å². The Morgan fingerprint density at radius 2 is 2.00 bits per heavy atom. The number of thioether (sulfide) groups is 1. The van der Waals surface area contributed by atoms with Crippen LogP contribution in [0.2, 0.25) is 0 Å². The van der Waals surface area contributed by atoms with E-state index in [1.165, 1.54) is 34.1 Å². The molecular formula is C27H33N3O2S. The molecule has 2 aliphatic heterocycles. The van der Waals surface area contributed by atoms with E-state index in [1.54, 1.807) is 7.11 Å². The SMILES string of the molecule is CCN1c2cc(OC)c(/C=C3/SC(=Nc4ccc(C)c(C)c4)NC3=O)cc2C(C)CC1(C)C. The number of nitrogens with one attached hydrogen (secondary N) is 1. The van der Waals surface area contributed by atoms with Gasteiger partial charge >= 0.3 is 0 Å². The van der Waals surface area contributed by atoms with Crippen LogP contribution in [0, 0.1) is 13.8 Å². The van der Waals surface area contributed by atoms with Crippen LogP contribution in [0.5, 0.6) is 5.75 Å². The average Bonchev–Trinajstić information content (AvgIpc) is 3.09. The minimum Gasteiger partial charge on any atom is -0.496 e. The second-order valence-corrected chi connectivity index (χ2v) is 10.6. The molecular weight excluding hydrogens is 430 g/mol. The number of anilines is 1. The zero-order valence-electron chi connectivity index (χ0n) is 20.6. The van der Waals surface area contributed by atoms with E-state index >= 15 is 0 Å². The molecule has 0 bridgehead atoms. The number of nitrogens with zero attached hydrogens (tertiary/aromatic N) is 2. The summed E-state index contributed by atoms with van der Waals surface area (Å²) in [6, 6.07) is 10.4. The number of aliphatic imine (C=N–C) groups is 1. The van der Waals surface area contributed by atoms with Gasteiger partial charge in [0.2, 0.25) is 0 Å².